The summed E-state index contributed by atoms with van der Waals surface area (Å²) in [6.07, 6.45) is 5.29. The Hall–Kier alpha value is -2.34. The summed E-state index contributed by atoms with van der Waals surface area (Å²) in [6, 6.07) is 6.37. The fourth-order valence-electron chi connectivity index (χ4n) is 2.89. The smallest absolute Gasteiger partial charge is 0.253 e. The van der Waals surface area contributed by atoms with E-state index in [1.165, 1.54) is 22.6 Å². The van der Waals surface area contributed by atoms with E-state index in [0.717, 1.165) is 37.3 Å². The van der Waals surface area contributed by atoms with Crippen LogP contribution in [0.4, 0.5) is 0 Å². The van der Waals surface area contributed by atoms with Crippen LogP contribution in [-0.4, -0.2) is 42.6 Å². The lowest BCUT2D eigenvalue weighted by molar-refractivity contribution is -0.136. The fraction of sp³-hybridized carbons (Fsp3) is 0.444. The second-order valence-electron chi connectivity index (χ2n) is 6.12. The van der Waals surface area contributed by atoms with Crippen LogP contribution < -0.4 is 14.8 Å². The molecule has 0 aliphatic carbocycles. The zero-order valence-corrected chi connectivity index (χ0v) is 13.8. The Balaban J connectivity index is 1.33. The lowest BCUT2D eigenvalue weighted by Gasteiger charge is -2.16. The van der Waals surface area contributed by atoms with E-state index in [1.807, 2.05) is 12.1 Å². The van der Waals surface area contributed by atoms with Crippen molar-refractivity contribution < 1.29 is 19.1 Å². The van der Waals surface area contributed by atoms with Crippen LogP contribution in [0.25, 0.3) is 0 Å². The highest BCUT2D eigenvalue weighted by Crippen LogP contribution is 2.32. The maximum absolute atomic E-state index is 11.4. The van der Waals surface area contributed by atoms with Gasteiger partial charge in [0.15, 0.2) is 11.5 Å². The van der Waals surface area contributed by atoms with Gasteiger partial charge in [0.05, 0.1) is 0 Å². The summed E-state index contributed by atoms with van der Waals surface area (Å²) in [6.45, 7) is 3.78. The number of ether oxygens (including phenoxy) is 2. The predicted octanol–water partition coefficient (Wildman–Crippen LogP) is 1.64. The number of hydrogen-bond acceptors (Lipinski definition) is 5. The number of imide groups is 1. The van der Waals surface area contributed by atoms with Crippen LogP contribution in [0.1, 0.15) is 25.3 Å². The highest BCUT2D eigenvalue weighted by atomic mass is 16.7. The Morgan fingerprint density at radius 1 is 1.12 bits per heavy atom. The van der Waals surface area contributed by atoms with Gasteiger partial charge in [-0.25, -0.2) is 0 Å². The molecule has 3 rings (SSSR count). The van der Waals surface area contributed by atoms with Crippen molar-refractivity contribution in [1.29, 1.82) is 0 Å². The van der Waals surface area contributed by atoms with E-state index in [9.17, 15) is 9.59 Å². The minimum absolute atomic E-state index is 0.205. The van der Waals surface area contributed by atoms with E-state index >= 15 is 0 Å². The molecule has 1 unspecified atom stereocenters. The van der Waals surface area contributed by atoms with E-state index in [1.54, 1.807) is 0 Å². The molecule has 1 aromatic carbocycles. The molecule has 0 saturated carbocycles. The second kappa shape index (κ2) is 7.49. The van der Waals surface area contributed by atoms with Gasteiger partial charge in [0.25, 0.3) is 11.8 Å². The predicted molar refractivity (Wildman–Crippen MR) is 88.8 cm³/mol. The average Bonchev–Trinajstić information content (AvgIpc) is 3.14. The Morgan fingerprint density at radius 3 is 2.67 bits per heavy atom. The summed E-state index contributed by atoms with van der Waals surface area (Å²) in [5, 5.41) is 3.47. The Bertz CT molecular complexity index is 638. The zero-order chi connectivity index (χ0) is 16.9. The molecular weight excluding hydrogens is 308 g/mol. The van der Waals surface area contributed by atoms with Crippen molar-refractivity contribution in [2.24, 2.45) is 0 Å². The van der Waals surface area contributed by atoms with E-state index in [4.69, 9.17) is 9.47 Å². The van der Waals surface area contributed by atoms with Crippen LogP contribution in [-0.2, 0) is 16.0 Å². The molecule has 2 amide bonds. The second-order valence-corrected chi connectivity index (χ2v) is 6.12. The van der Waals surface area contributed by atoms with E-state index in [-0.39, 0.29) is 11.8 Å². The summed E-state index contributed by atoms with van der Waals surface area (Å²) in [5.74, 6) is 1.21. The zero-order valence-electron chi connectivity index (χ0n) is 13.8. The Labute approximate surface area is 141 Å². The number of carbonyl (C=O) groups excluding carboxylic acids is 2. The van der Waals surface area contributed by atoms with Gasteiger partial charge < -0.3 is 14.8 Å². The van der Waals surface area contributed by atoms with Gasteiger partial charge in [0.2, 0.25) is 6.79 Å². The summed E-state index contributed by atoms with van der Waals surface area (Å²) >= 11 is 0. The van der Waals surface area contributed by atoms with E-state index in [2.05, 4.69) is 18.3 Å². The molecule has 1 aromatic rings. The van der Waals surface area contributed by atoms with Gasteiger partial charge >= 0.3 is 0 Å². The van der Waals surface area contributed by atoms with Gasteiger partial charge in [-0.2, -0.15) is 0 Å². The lowest BCUT2D eigenvalue weighted by Crippen LogP contribution is -2.32. The highest BCUT2D eigenvalue weighted by Gasteiger charge is 2.22. The largest absolute Gasteiger partial charge is 0.454 e. The molecule has 0 spiro atoms. The first-order valence-corrected chi connectivity index (χ1v) is 8.29. The normalized spacial score (nSPS) is 17.0. The summed E-state index contributed by atoms with van der Waals surface area (Å²) in [5.41, 5.74) is 1.21. The fourth-order valence-corrected chi connectivity index (χ4v) is 2.89. The molecule has 0 aromatic heterocycles. The first-order valence-electron chi connectivity index (χ1n) is 8.29. The van der Waals surface area contributed by atoms with Gasteiger partial charge in [0, 0.05) is 24.7 Å². The molecule has 24 heavy (non-hydrogen) atoms. The first-order chi connectivity index (χ1) is 11.6. The number of nitrogens with one attached hydrogen (secondary N) is 1. The molecule has 128 valence electrons. The molecule has 1 atom stereocenters. The van der Waals surface area contributed by atoms with Gasteiger partial charge in [0.1, 0.15) is 0 Å². The molecule has 2 aliphatic heterocycles. The average molecular weight is 330 g/mol. The van der Waals surface area contributed by atoms with Crippen molar-refractivity contribution in [3.8, 4) is 11.5 Å². The number of carbonyl (C=O) groups is 2. The van der Waals surface area contributed by atoms with Crippen LogP contribution in [0.2, 0.25) is 0 Å². The summed E-state index contributed by atoms with van der Waals surface area (Å²) in [7, 11) is 0. The molecule has 0 saturated heterocycles. The van der Waals surface area contributed by atoms with Crippen molar-refractivity contribution in [3.05, 3.63) is 35.9 Å². The molecule has 6 heteroatoms. The third kappa shape index (κ3) is 3.94. The van der Waals surface area contributed by atoms with Crippen LogP contribution in [0, 0.1) is 0 Å². The minimum Gasteiger partial charge on any atom is -0.454 e. The highest BCUT2D eigenvalue weighted by molar-refractivity contribution is 6.12. The number of amides is 2. The van der Waals surface area contributed by atoms with Crippen LogP contribution in [0.5, 0.6) is 11.5 Å². The number of unbranched alkanes of at least 4 members (excludes halogenated alkanes) is 1. The molecular formula is C18H22N2O4. The Kier molecular flexibility index (Phi) is 5.15. The molecule has 6 nitrogen and oxygen atoms in total. The number of fused-ring (bicyclic) bond motifs is 1. The maximum Gasteiger partial charge on any atom is 0.253 e. The quantitative estimate of drug-likeness (QED) is 0.580. The first kappa shape index (κ1) is 16.5. The van der Waals surface area contributed by atoms with Crippen molar-refractivity contribution in [3.63, 3.8) is 0 Å². The molecule has 2 heterocycles. The maximum atomic E-state index is 11.4. The molecule has 1 N–H and O–H groups in total. The minimum atomic E-state index is -0.205. The van der Waals surface area contributed by atoms with Gasteiger partial charge in [-0.05, 0) is 50.4 Å². The molecule has 0 fully saturated rings. The standard InChI is InChI=1S/C18H22N2O4/c1-13(10-14-4-5-15-16(11-14)24-12-23-15)19-8-2-3-9-20-17(21)6-7-18(20)22/h4-7,11,13,19H,2-3,8-10,12H2,1H3. The van der Waals surface area contributed by atoms with Crippen molar-refractivity contribution in [2.45, 2.75) is 32.2 Å². The van der Waals surface area contributed by atoms with Gasteiger partial charge in [-0.1, -0.05) is 6.07 Å². The van der Waals surface area contributed by atoms with Crippen LogP contribution in [0.3, 0.4) is 0 Å². The number of rotatable bonds is 8. The number of nitrogens with zero attached hydrogens (tertiary/aromatic N) is 1. The topological polar surface area (TPSA) is 67.9 Å². The van der Waals surface area contributed by atoms with Crippen LogP contribution >= 0.6 is 0 Å². The molecule has 0 radical (unpaired) electrons. The third-order valence-corrected chi connectivity index (χ3v) is 4.18. The van der Waals surface area contributed by atoms with E-state index in [0.29, 0.717) is 19.4 Å². The number of hydrogen-bond donors (Lipinski definition) is 1. The lowest BCUT2D eigenvalue weighted by atomic mass is 10.1. The monoisotopic (exact) mass is 330 g/mol. The van der Waals surface area contributed by atoms with E-state index < -0.39 is 0 Å². The van der Waals surface area contributed by atoms with Gasteiger partial charge in [-0.3, -0.25) is 14.5 Å². The van der Waals surface area contributed by atoms with Gasteiger partial charge in [-0.15, -0.1) is 0 Å². The third-order valence-electron chi connectivity index (χ3n) is 4.18. The van der Waals surface area contributed by atoms with Crippen molar-refractivity contribution >= 4 is 11.8 Å². The van der Waals surface area contributed by atoms with Crippen molar-refractivity contribution in [1.82, 2.24) is 10.2 Å². The van der Waals surface area contributed by atoms with Crippen molar-refractivity contribution in [2.75, 3.05) is 19.9 Å². The number of benzene rings is 1. The van der Waals surface area contributed by atoms with Crippen LogP contribution in [0.15, 0.2) is 30.4 Å². The molecule has 2 aliphatic rings. The summed E-state index contributed by atoms with van der Waals surface area (Å²) < 4.78 is 10.7. The Morgan fingerprint density at radius 2 is 1.88 bits per heavy atom. The SMILES string of the molecule is CC(Cc1ccc2c(c1)OCO2)NCCCCN1C(=O)C=CC1=O. The molecule has 0 bridgehead atoms. The summed E-state index contributed by atoms with van der Waals surface area (Å²) in [4.78, 5) is 24.1.